The molecule has 0 saturated carbocycles. The average molecular weight is 348 g/mol. The third-order valence-electron chi connectivity index (χ3n) is 3.97. The molecular formula is C21H20N2O3. The molecule has 1 N–H and O–H groups in total. The Balaban J connectivity index is 1.72. The first-order valence-electron chi connectivity index (χ1n) is 8.32. The van der Waals surface area contributed by atoms with Crippen molar-refractivity contribution in [1.29, 1.82) is 0 Å². The SMILES string of the molecule is COc1ccc(C(CNC(=O)Oc2ccccc2)c2ccccn2)cc1. The number of aromatic nitrogens is 1. The smallest absolute Gasteiger partial charge is 0.412 e. The van der Waals surface area contributed by atoms with E-state index in [0.29, 0.717) is 12.3 Å². The number of rotatable bonds is 6. The molecule has 1 amide bonds. The van der Waals surface area contributed by atoms with Crippen LogP contribution in [-0.4, -0.2) is 24.7 Å². The second-order valence-corrected chi connectivity index (χ2v) is 5.66. The summed E-state index contributed by atoms with van der Waals surface area (Å²) in [6.07, 6.45) is 1.25. The highest BCUT2D eigenvalue weighted by Crippen LogP contribution is 2.24. The molecule has 0 aliphatic carbocycles. The van der Waals surface area contributed by atoms with E-state index < -0.39 is 6.09 Å². The Bertz CT molecular complexity index is 821. The fourth-order valence-corrected chi connectivity index (χ4v) is 2.63. The summed E-state index contributed by atoms with van der Waals surface area (Å²) in [6, 6.07) is 22.5. The zero-order chi connectivity index (χ0) is 18.2. The van der Waals surface area contributed by atoms with E-state index in [-0.39, 0.29) is 5.92 Å². The van der Waals surface area contributed by atoms with Gasteiger partial charge in [0.1, 0.15) is 11.5 Å². The number of amides is 1. The van der Waals surface area contributed by atoms with Gasteiger partial charge in [-0.2, -0.15) is 0 Å². The Morgan fingerprint density at radius 1 is 0.962 bits per heavy atom. The fraction of sp³-hybridized carbons (Fsp3) is 0.143. The van der Waals surface area contributed by atoms with Crippen LogP contribution in [-0.2, 0) is 0 Å². The lowest BCUT2D eigenvalue weighted by atomic mass is 9.95. The van der Waals surface area contributed by atoms with Crippen LogP contribution < -0.4 is 14.8 Å². The molecule has 2 aromatic carbocycles. The van der Waals surface area contributed by atoms with E-state index in [2.05, 4.69) is 10.3 Å². The summed E-state index contributed by atoms with van der Waals surface area (Å²) in [6.45, 7) is 0.370. The Hall–Kier alpha value is -3.34. The Morgan fingerprint density at radius 2 is 1.69 bits per heavy atom. The highest BCUT2D eigenvalue weighted by molar-refractivity contribution is 5.70. The third-order valence-corrected chi connectivity index (χ3v) is 3.97. The van der Waals surface area contributed by atoms with Crippen molar-refractivity contribution in [3.8, 4) is 11.5 Å². The van der Waals surface area contributed by atoms with Crippen molar-refractivity contribution in [2.24, 2.45) is 0 Å². The standard InChI is InChI=1S/C21H20N2O3/c1-25-17-12-10-16(11-13-17)19(20-9-5-6-14-22-20)15-23-21(24)26-18-7-3-2-4-8-18/h2-14,19H,15H2,1H3,(H,23,24). The third kappa shape index (κ3) is 4.60. The molecular weight excluding hydrogens is 328 g/mol. The number of benzene rings is 2. The van der Waals surface area contributed by atoms with Crippen molar-refractivity contribution in [3.63, 3.8) is 0 Å². The lowest BCUT2D eigenvalue weighted by Gasteiger charge is -2.18. The van der Waals surface area contributed by atoms with Gasteiger partial charge >= 0.3 is 6.09 Å². The summed E-state index contributed by atoms with van der Waals surface area (Å²) >= 11 is 0. The molecule has 1 aromatic heterocycles. The molecule has 0 aliphatic rings. The van der Waals surface area contributed by atoms with Gasteiger partial charge in [-0.05, 0) is 42.0 Å². The van der Waals surface area contributed by atoms with Crippen molar-refractivity contribution in [1.82, 2.24) is 10.3 Å². The average Bonchev–Trinajstić information content (AvgIpc) is 2.70. The number of ether oxygens (including phenoxy) is 2. The van der Waals surface area contributed by atoms with Crippen molar-refractivity contribution >= 4 is 6.09 Å². The van der Waals surface area contributed by atoms with Crippen LogP contribution in [0.5, 0.6) is 11.5 Å². The van der Waals surface area contributed by atoms with E-state index >= 15 is 0 Å². The zero-order valence-corrected chi connectivity index (χ0v) is 14.5. The molecule has 1 heterocycles. The first-order valence-corrected chi connectivity index (χ1v) is 8.32. The molecule has 5 heteroatoms. The second-order valence-electron chi connectivity index (χ2n) is 5.66. The molecule has 1 atom stereocenters. The van der Waals surface area contributed by atoms with E-state index in [1.54, 1.807) is 25.4 Å². The van der Waals surface area contributed by atoms with Crippen molar-refractivity contribution < 1.29 is 14.3 Å². The minimum Gasteiger partial charge on any atom is -0.497 e. The number of para-hydroxylation sites is 1. The van der Waals surface area contributed by atoms with Gasteiger partial charge in [0.2, 0.25) is 0 Å². The molecule has 5 nitrogen and oxygen atoms in total. The molecule has 0 fully saturated rings. The molecule has 0 spiro atoms. The number of carbonyl (C=O) groups is 1. The summed E-state index contributed by atoms with van der Waals surface area (Å²) in [7, 11) is 1.63. The molecule has 0 bridgehead atoms. The number of carbonyl (C=O) groups excluding carboxylic acids is 1. The fourth-order valence-electron chi connectivity index (χ4n) is 2.63. The van der Waals surface area contributed by atoms with Crippen LogP contribution in [0.2, 0.25) is 0 Å². The number of nitrogens with zero attached hydrogens (tertiary/aromatic N) is 1. The van der Waals surface area contributed by atoms with Crippen LogP contribution in [0.4, 0.5) is 4.79 Å². The molecule has 0 radical (unpaired) electrons. The van der Waals surface area contributed by atoms with Gasteiger partial charge in [-0.15, -0.1) is 0 Å². The maximum Gasteiger partial charge on any atom is 0.412 e. The Kier molecular flexibility index (Phi) is 5.83. The molecule has 26 heavy (non-hydrogen) atoms. The van der Waals surface area contributed by atoms with Gasteiger partial charge < -0.3 is 14.8 Å². The topological polar surface area (TPSA) is 60.5 Å². The first kappa shape index (κ1) is 17.5. The number of hydrogen-bond acceptors (Lipinski definition) is 4. The number of methoxy groups -OCH3 is 1. The number of pyridine rings is 1. The summed E-state index contributed by atoms with van der Waals surface area (Å²) in [5.41, 5.74) is 1.90. The molecule has 3 rings (SSSR count). The van der Waals surface area contributed by atoms with Crippen molar-refractivity contribution in [3.05, 3.63) is 90.3 Å². The van der Waals surface area contributed by atoms with Crippen LogP contribution in [0.1, 0.15) is 17.2 Å². The van der Waals surface area contributed by atoms with Crippen molar-refractivity contribution in [2.45, 2.75) is 5.92 Å². The van der Waals surface area contributed by atoms with Crippen LogP contribution in [0.25, 0.3) is 0 Å². The summed E-state index contributed by atoms with van der Waals surface area (Å²) in [4.78, 5) is 16.5. The summed E-state index contributed by atoms with van der Waals surface area (Å²) < 4.78 is 10.5. The van der Waals surface area contributed by atoms with Gasteiger partial charge in [0.05, 0.1) is 7.11 Å². The van der Waals surface area contributed by atoms with Gasteiger partial charge in [-0.1, -0.05) is 36.4 Å². The molecule has 0 saturated heterocycles. The van der Waals surface area contributed by atoms with Gasteiger partial charge in [0.15, 0.2) is 0 Å². The lowest BCUT2D eigenvalue weighted by molar-refractivity contribution is 0.200. The Morgan fingerprint density at radius 3 is 2.35 bits per heavy atom. The van der Waals surface area contributed by atoms with Crippen LogP contribution in [0, 0.1) is 0 Å². The van der Waals surface area contributed by atoms with E-state index in [9.17, 15) is 4.79 Å². The largest absolute Gasteiger partial charge is 0.497 e. The summed E-state index contributed by atoms with van der Waals surface area (Å²) in [5.74, 6) is 1.19. The zero-order valence-electron chi connectivity index (χ0n) is 14.5. The van der Waals surface area contributed by atoms with Crippen molar-refractivity contribution in [2.75, 3.05) is 13.7 Å². The van der Waals surface area contributed by atoms with Crippen LogP contribution >= 0.6 is 0 Å². The number of hydrogen-bond donors (Lipinski definition) is 1. The lowest BCUT2D eigenvalue weighted by Crippen LogP contribution is -2.31. The van der Waals surface area contributed by atoms with Gasteiger partial charge in [0, 0.05) is 24.4 Å². The predicted molar refractivity (Wildman–Crippen MR) is 99.5 cm³/mol. The second kappa shape index (κ2) is 8.67. The normalized spacial score (nSPS) is 11.4. The summed E-state index contributed by atoms with van der Waals surface area (Å²) in [5, 5.41) is 2.82. The quantitative estimate of drug-likeness (QED) is 0.731. The van der Waals surface area contributed by atoms with E-state index in [4.69, 9.17) is 9.47 Å². The maximum atomic E-state index is 12.1. The van der Waals surface area contributed by atoms with Crippen LogP contribution in [0.3, 0.4) is 0 Å². The maximum absolute atomic E-state index is 12.1. The molecule has 1 unspecified atom stereocenters. The van der Waals surface area contributed by atoms with Gasteiger partial charge in [-0.25, -0.2) is 4.79 Å². The minimum atomic E-state index is -0.495. The minimum absolute atomic E-state index is 0.0922. The highest BCUT2D eigenvalue weighted by Gasteiger charge is 2.17. The highest BCUT2D eigenvalue weighted by atomic mass is 16.6. The monoisotopic (exact) mass is 348 g/mol. The Labute approximate surface area is 152 Å². The molecule has 0 aliphatic heterocycles. The molecule has 132 valence electrons. The van der Waals surface area contributed by atoms with Crippen LogP contribution in [0.15, 0.2) is 79.0 Å². The molecule has 3 aromatic rings. The predicted octanol–water partition coefficient (Wildman–Crippen LogP) is 4.01. The van der Waals surface area contributed by atoms with E-state index in [1.807, 2.05) is 60.7 Å². The number of nitrogens with one attached hydrogen (secondary N) is 1. The first-order chi connectivity index (χ1) is 12.8. The van der Waals surface area contributed by atoms with E-state index in [1.165, 1.54) is 0 Å². The van der Waals surface area contributed by atoms with Gasteiger partial charge in [-0.3, -0.25) is 4.98 Å². The van der Waals surface area contributed by atoms with Gasteiger partial charge in [0.25, 0.3) is 0 Å². The van der Waals surface area contributed by atoms with E-state index in [0.717, 1.165) is 17.0 Å².